The first-order chi connectivity index (χ1) is 12.9. The van der Waals surface area contributed by atoms with E-state index in [1.54, 1.807) is 18.2 Å². The molecule has 1 amide bonds. The van der Waals surface area contributed by atoms with Crippen LogP contribution in [-0.4, -0.2) is 28.4 Å². The number of hydrogen-bond donors (Lipinski definition) is 1. The number of aromatic nitrogens is 1. The number of benzene rings is 2. The van der Waals surface area contributed by atoms with E-state index in [0.717, 1.165) is 11.5 Å². The van der Waals surface area contributed by atoms with Gasteiger partial charge in [-0.3, -0.25) is 14.9 Å². The summed E-state index contributed by atoms with van der Waals surface area (Å²) < 4.78 is 4.94. The maximum atomic E-state index is 12.1. The zero-order valence-electron chi connectivity index (χ0n) is 13.7. The first-order valence-electron chi connectivity index (χ1n) is 7.71. The predicted octanol–water partition coefficient (Wildman–Crippen LogP) is 3.59. The maximum absolute atomic E-state index is 12.1. The third kappa shape index (κ3) is 4.36. The summed E-state index contributed by atoms with van der Waals surface area (Å²) in [5.74, 6) is -1.40. The van der Waals surface area contributed by atoms with Gasteiger partial charge in [-0.1, -0.05) is 35.9 Å². The van der Waals surface area contributed by atoms with Crippen molar-refractivity contribution in [3.63, 3.8) is 0 Å². The highest BCUT2D eigenvalue weighted by molar-refractivity contribution is 6.32. The number of amides is 1. The Morgan fingerprint density at radius 1 is 1.15 bits per heavy atom. The summed E-state index contributed by atoms with van der Waals surface area (Å²) >= 11 is 5.71. The van der Waals surface area contributed by atoms with Crippen LogP contribution in [0, 0.1) is 10.1 Å². The molecule has 136 valence electrons. The van der Waals surface area contributed by atoms with Crippen molar-refractivity contribution in [2.75, 3.05) is 11.9 Å². The second kappa shape index (κ2) is 7.79. The van der Waals surface area contributed by atoms with E-state index in [4.69, 9.17) is 16.3 Å². The molecule has 0 fully saturated rings. The monoisotopic (exact) mass is 385 g/mol. The molecule has 0 spiro atoms. The van der Waals surface area contributed by atoms with Gasteiger partial charge in [0.1, 0.15) is 10.7 Å². The molecule has 0 saturated carbocycles. The number of para-hydroxylation sites is 1. The van der Waals surface area contributed by atoms with Crippen LogP contribution < -0.4 is 5.32 Å². The summed E-state index contributed by atoms with van der Waals surface area (Å²) in [5.41, 5.74) is 0.524. The lowest BCUT2D eigenvalue weighted by Crippen LogP contribution is -2.21. The lowest BCUT2D eigenvalue weighted by molar-refractivity contribution is -0.384. The molecule has 9 heteroatoms. The SMILES string of the molecule is O=C(COC(=O)c1ccc2ccccc2n1)Nc1ccc(Cl)c([N+](=O)[O-])c1. The number of rotatable bonds is 5. The van der Waals surface area contributed by atoms with Gasteiger partial charge in [0.2, 0.25) is 0 Å². The molecule has 0 aliphatic heterocycles. The van der Waals surface area contributed by atoms with E-state index in [-0.39, 0.29) is 22.1 Å². The number of nitrogens with one attached hydrogen (secondary N) is 1. The zero-order valence-corrected chi connectivity index (χ0v) is 14.5. The molecule has 1 N–H and O–H groups in total. The molecule has 1 heterocycles. The topological polar surface area (TPSA) is 111 Å². The van der Waals surface area contributed by atoms with Gasteiger partial charge in [0.15, 0.2) is 6.61 Å². The molecular weight excluding hydrogens is 374 g/mol. The van der Waals surface area contributed by atoms with E-state index in [2.05, 4.69) is 10.3 Å². The van der Waals surface area contributed by atoms with Crippen molar-refractivity contribution in [1.29, 1.82) is 0 Å². The molecule has 0 bridgehead atoms. The predicted molar refractivity (Wildman–Crippen MR) is 98.8 cm³/mol. The van der Waals surface area contributed by atoms with Crippen molar-refractivity contribution in [3.8, 4) is 0 Å². The Kier molecular flexibility index (Phi) is 5.28. The minimum atomic E-state index is -0.752. The Hall–Kier alpha value is -3.52. The van der Waals surface area contributed by atoms with Gasteiger partial charge in [0.25, 0.3) is 11.6 Å². The number of carbonyl (C=O) groups excluding carboxylic acids is 2. The number of pyridine rings is 1. The van der Waals surface area contributed by atoms with Crippen molar-refractivity contribution < 1.29 is 19.2 Å². The molecule has 3 rings (SSSR count). The fourth-order valence-electron chi connectivity index (χ4n) is 2.31. The van der Waals surface area contributed by atoms with E-state index in [1.807, 2.05) is 12.1 Å². The van der Waals surface area contributed by atoms with Crippen molar-refractivity contribution in [3.05, 3.63) is 75.4 Å². The Bertz CT molecular complexity index is 1050. The molecular formula is C18H12ClN3O5. The molecule has 0 unspecified atom stereocenters. The largest absolute Gasteiger partial charge is 0.451 e. The van der Waals surface area contributed by atoms with Crippen LogP contribution in [0.3, 0.4) is 0 Å². The first kappa shape index (κ1) is 18.3. The van der Waals surface area contributed by atoms with Gasteiger partial charge in [-0.05, 0) is 24.3 Å². The maximum Gasteiger partial charge on any atom is 0.357 e. The van der Waals surface area contributed by atoms with Gasteiger partial charge in [-0.15, -0.1) is 0 Å². The molecule has 27 heavy (non-hydrogen) atoms. The van der Waals surface area contributed by atoms with Crippen LogP contribution in [0.2, 0.25) is 5.02 Å². The molecule has 0 radical (unpaired) electrons. The van der Waals surface area contributed by atoms with E-state index >= 15 is 0 Å². The average Bonchev–Trinajstić information content (AvgIpc) is 2.67. The highest BCUT2D eigenvalue weighted by Gasteiger charge is 2.15. The molecule has 3 aromatic rings. The lowest BCUT2D eigenvalue weighted by Gasteiger charge is -2.07. The highest BCUT2D eigenvalue weighted by atomic mass is 35.5. The van der Waals surface area contributed by atoms with Crippen molar-refractivity contribution in [2.45, 2.75) is 0 Å². The minimum Gasteiger partial charge on any atom is -0.451 e. The van der Waals surface area contributed by atoms with Gasteiger partial charge >= 0.3 is 5.97 Å². The summed E-state index contributed by atoms with van der Waals surface area (Å²) in [6.45, 7) is -0.566. The van der Waals surface area contributed by atoms with Crippen LogP contribution in [0.15, 0.2) is 54.6 Å². The fourth-order valence-corrected chi connectivity index (χ4v) is 2.50. The van der Waals surface area contributed by atoms with E-state index in [1.165, 1.54) is 18.2 Å². The lowest BCUT2D eigenvalue weighted by atomic mass is 10.2. The fraction of sp³-hybridized carbons (Fsp3) is 0.0556. The summed E-state index contributed by atoms with van der Waals surface area (Å²) in [7, 11) is 0. The number of esters is 1. The number of hydrogen-bond acceptors (Lipinski definition) is 6. The summed E-state index contributed by atoms with van der Waals surface area (Å²) in [5, 5.41) is 14.1. The van der Waals surface area contributed by atoms with E-state index in [9.17, 15) is 19.7 Å². The molecule has 0 aliphatic carbocycles. The normalized spacial score (nSPS) is 10.4. The Labute approximate surface area is 157 Å². The van der Waals surface area contributed by atoms with Gasteiger partial charge < -0.3 is 10.1 Å². The third-order valence-electron chi connectivity index (χ3n) is 3.57. The summed E-state index contributed by atoms with van der Waals surface area (Å²) in [6.07, 6.45) is 0. The summed E-state index contributed by atoms with van der Waals surface area (Å²) in [6, 6.07) is 14.3. The number of fused-ring (bicyclic) bond motifs is 1. The van der Waals surface area contributed by atoms with Crippen LogP contribution in [0.1, 0.15) is 10.5 Å². The highest BCUT2D eigenvalue weighted by Crippen LogP contribution is 2.27. The van der Waals surface area contributed by atoms with Crippen LogP contribution in [0.25, 0.3) is 10.9 Å². The quantitative estimate of drug-likeness (QED) is 0.408. The molecule has 1 aromatic heterocycles. The van der Waals surface area contributed by atoms with Crippen molar-refractivity contribution in [1.82, 2.24) is 4.98 Å². The third-order valence-corrected chi connectivity index (χ3v) is 3.89. The standard InChI is InChI=1S/C18H12ClN3O5/c19-13-7-6-12(9-16(13)22(25)26)20-17(23)10-27-18(24)15-8-5-11-3-1-2-4-14(11)21-15/h1-9H,10H2,(H,20,23). The van der Waals surface area contributed by atoms with Crippen molar-refractivity contribution >= 4 is 45.8 Å². The number of halogens is 1. The van der Waals surface area contributed by atoms with Crippen LogP contribution in [0.4, 0.5) is 11.4 Å². The van der Waals surface area contributed by atoms with Crippen LogP contribution in [-0.2, 0) is 9.53 Å². The Balaban J connectivity index is 1.62. The smallest absolute Gasteiger partial charge is 0.357 e. The average molecular weight is 386 g/mol. The summed E-state index contributed by atoms with van der Waals surface area (Å²) in [4.78, 5) is 38.4. The molecule has 0 aliphatic rings. The number of nitro benzene ring substituents is 1. The number of anilines is 1. The molecule has 2 aromatic carbocycles. The van der Waals surface area contributed by atoms with Gasteiger partial charge in [0, 0.05) is 17.1 Å². The number of ether oxygens (including phenoxy) is 1. The second-order valence-electron chi connectivity index (χ2n) is 5.44. The van der Waals surface area contributed by atoms with Crippen LogP contribution in [0.5, 0.6) is 0 Å². The number of nitrogens with zero attached hydrogens (tertiary/aromatic N) is 2. The van der Waals surface area contributed by atoms with E-state index in [0.29, 0.717) is 5.52 Å². The Morgan fingerprint density at radius 2 is 1.93 bits per heavy atom. The zero-order chi connectivity index (χ0) is 19.4. The van der Waals surface area contributed by atoms with Gasteiger partial charge in [-0.2, -0.15) is 0 Å². The van der Waals surface area contributed by atoms with E-state index < -0.39 is 23.4 Å². The second-order valence-corrected chi connectivity index (χ2v) is 5.84. The Morgan fingerprint density at radius 3 is 2.70 bits per heavy atom. The number of carbonyl (C=O) groups is 2. The van der Waals surface area contributed by atoms with Crippen molar-refractivity contribution in [2.24, 2.45) is 0 Å². The van der Waals surface area contributed by atoms with Crippen LogP contribution >= 0.6 is 11.6 Å². The number of nitro groups is 1. The van der Waals surface area contributed by atoms with Gasteiger partial charge in [0.05, 0.1) is 10.4 Å². The molecule has 0 atom stereocenters. The van der Waals surface area contributed by atoms with Gasteiger partial charge in [-0.25, -0.2) is 9.78 Å². The first-order valence-corrected chi connectivity index (χ1v) is 8.08. The molecule has 8 nitrogen and oxygen atoms in total. The molecule has 0 saturated heterocycles. The minimum absolute atomic E-state index is 0.0493.